The van der Waals surface area contributed by atoms with E-state index >= 15 is 0 Å². The summed E-state index contributed by atoms with van der Waals surface area (Å²) in [5, 5.41) is 21.3. The molecule has 0 saturated heterocycles. The fraction of sp³-hybridized carbons (Fsp3) is 0.227. The Morgan fingerprint density at radius 3 is 2.40 bits per heavy atom. The van der Waals surface area contributed by atoms with E-state index in [0.29, 0.717) is 23.1 Å². The Morgan fingerprint density at radius 2 is 1.70 bits per heavy atom. The van der Waals surface area contributed by atoms with Gasteiger partial charge in [0.15, 0.2) is 0 Å². The van der Waals surface area contributed by atoms with Crippen LogP contribution in [0.15, 0.2) is 54.6 Å². The van der Waals surface area contributed by atoms with Crippen molar-refractivity contribution in [2.24, 2.45) is 0 Å². The topological polar surface area (TPSA) is 129 Å². The van der Waals surface area contributed by atoms with Crippen LogP contribution < -0.4 is 10.1 Å². The van der Waals surface area contributed by atoms with E-state index in [1.807, 2.05) is 18.2 Å². The van der Waals surface area contributed by atoms with Crippen molar-refractivity contribution in [3.8, 4) is 5.75 Å². The van der Waals surface area contributed by atoms with Gasteiger partial charge < -0.3 is 25.3 Å². The van der Waals surface area contributed by atoms with Gasteiger partial charge in [0.1, 0.15) is 11.4 Å². The predicted molar refractivity (Wildman–Crippen MR) is 110 cm³/mol. The molecule has 0 fully saturated rings. The van der Waals surface area contributed by atoms with Crippen LogP contribution in [0.1, 0.15) is 28.9 Å². The summed E-state index contributed by atoms with van der Waals surface area (Å²) in [7, 11) is 0. The summed E-state index contributed by atoms with van der Waals surface area (Å²) >= 11 is 0. The molecule has 0 atom stereocenters. The summed E-state index contributed by atoms with van der Waals surface area (Å²) in [6.07, 6.45) is 0.774. The molecule has 156 valence electrons. The maximum absolute atomic E-state index is 12.4. The quantitative estimate of drug-likeness (QED) is 0.300. The largest absolute Gasteiger partial charge is 0.478 e. The zero-order valence-electron chi connectivity index (χ0n) is 16.1. The van der Waals surface area contributed by atoms with E-state index in [0.717, 1.165) is 19.3 Å². The third-order valence-electron chi connectivity index (χ3n) is 4.56. The predicted octanol–water partition coefficient (Wildman–Crippen LogP) is 2.84. The van der Waals surface area contributed by atoms with Crippen LogP contribution in [0, 0.1) is 0 Å². The van der Waals surface area contributed by atoms with Crippen molar-refractivity contribution in [1.82, 2.24) is 10.3 Å². The maximum atomic E-state index is 12.4. The number of carbonyl (C=O) groups excluding carboxylic acids is 1. The highest BCUT2D eigenvalue weighted by molar-refractivity contribution is 5.98. The van der Waals surface area contributed by atoms with E-state index in [4.69, 9.17) is 14.9 Å². The molecule has 30 heavy (non-hydrogen) atoms. The molecular formula is C22H22N2O6. The Hall–Kier alpha value is -3.81. The highest BCUT2D eigenvalue weighted by Gasteiger charge is 2.28. The van der Waals surface area contributed by atoms with Crippen LogP contribution in [-0.4, -0.2) is 45.7 Å². The number of H-pyrrole nitrogens is 1. The second-order valence-electron chi connectivity index (χ2n) is 6.81. The van der Waals surface area contributed by atoms with E-state index < -0.39 is 18.0 Å². The Kier molecular flexibility index (Phi) is 6.69. The Balaban J connectivity index is 1.55. The lowest BCUT2D eigenvalue weighted by atomic mass is 10.1. The molecular weight excluding hydrogens is 388 g/mol. The first-order valence-electron chi connectivity index (χ1n) is 9.51. The fourth-order valence-electron chi connectivity index (χ4n) is 3.04. The van der Waals surface area contributed by atoms with Gasteiger partial charge in [0.2, 0.25) is 0 Å². The number of rotatable bonds is 10. The number of nitrogens with one attached hydrogen (secondary N) is 2. The number of aromatic amines is 1. The van der Waals surface area contributed by atoms with Crippen molar-refractivity contribution in [2.45, 2.75) is 25.4 Å². The molecule has 8 nitrogen and oxygen atoms in total. The molecule has 3 aromatic rings. The first-order valence-corrected chi connectivity index (χ1v) is 9.51. The second-order valence-corrected chi connectivity index (χ2v) is 6.81. The van der Waals surface area contributed by atoms with Gasteiger partial charge in [-0.05, 0) is 49.1 Å². The number of amides is 1. The smallest absolute Gasteiger partial charge is 0.356 e. The number of aryl methyl sites for hydroxylation is 1. The van der Waals surface area contributed by atoms with Crippen molar-refractivity contribution in [1.29, 1.82) is 0 Å². The monoisotopic (exact) mass is 410 g/mol. The van der Waals surface area contributed by atoms with E-state index in [-0.39, 0.29) is 11.7 Å². The molecule has 0 bridgehead atoms. The summed E-state index contributed by atoms with van der Waals surface area (Å²) in [4.78, 5) is 37.3. The van der Waals surface area contributed by atoms with Crippen LogP contribution in [-0.2, 0) is 16.0 Å². The van der Waals surface area contributed by atoms with Crippen LogP contribution in [0.25, 0.3) is 10.9 Å². The number of aliphatic carboxylic acids is 2. The highest BCUT2D eigenvalue weighted by atomic mass is 16.5. The van der Waals surface area contributed by atoms with Gasteiger partial charge in [-0.2, -0.15) is 0 Å². The Bertz CT molecular complexity index is 1030. The van der Waals surface area contributed by atoms with E-state index in [1.165, 1.54) is 17.7 Å². The molecule has 0 aliphatic heterocycles. The standard InChI is InChI=1S/C22H22N2O6/c25-20(23-11-5-4-8-14-6-2-1-3-7-14)18-13-15-12-16(9-10-17(15)24-18)30-19(21(26)27)22(28)29/h1-3,6-7,9-10,12-13,19,24H,4-5,8,11H2,(H,23,25)(H,26,27)(H,28,29). The van der Waals surface area contributed by atoms with E-state index in [1.54, 1.807) is 12.1 Å². The summed E-state index contributed by atoms with van der Waals surface area (Å²) in [5.41, 5.74) is 2.28. The molecule has 1 amide bonds. The van der Waals surface area contributed by atoms with Crippen LogP contribution in [0.3, 0.4) is 0 Å². The van der Waals surface area contributed by atoms with Gasteiger partial charge >= 0.3 is 11.9 Å². The normalized spacial score (nSPS) is 10.8. The van der Waals surface area contributed by atoms with Gasteiger partial charge in [-0.25, -0.2) is 9.59 Å². The minimum Gasteiger partial charge on any atom is -0.478 e. The third-order valence-corrected chi connectivity index (χ3v) is 4.56. The number of hydrogen-bond acceptors (Lipinski definition) is 4. The minimum atomic E-state index is -2.00. The van der Waals surface area contributed by atoms with Crippen molar-refractivity contribution in [3.63, 3.8) is 0 Å². The summed E-state index contributed by atoms with van der Waals surface area (Å²) in [6.45, 7) is 0.550. The first kappa shape index (κ1) is 20.9. The third kappa shape index (κ3) is 5.38. The maximum Gasteiger partial charge on any atom is 0.356 e. The van der Waals surface area contributed by atoms with Gasteiger partial charge in [-0.1, -0.05) is 30.3 Å². The average molecular weight is 410 g/mol. The van der Waals surface area contributed by atoms with Gasteiger partial charge in [-0.3, -0.25) is 4.79 Å². The second kappa shape index (κ2) is 9.60. The average Bonchev–Trinajstić information content (AvgIpc) is 3.15. The molecule has 0 radical (unpaired) electrons. The highest BCUT2D eigenvalue weighted by Crippen LogP contribution is 2.22. The lowest BCUT2D eigenvalue weighted by Crippen LogP contribution is -2.35. The minimum absolute atomic E-state index is 0.0872. The number of ether oxygens (including phenoxy) is 1. The number of benzene rings is 2. The summed E-state index contributed by atoms with van der Waals surface area (Å²) < 4.78 is 5.03. The Morgan fingerprint density at radius 1 is 0.967 bits per heavy atom. The van der Waals surface area contributed by atoms with Gasteiger partial charge in [0, 0.05) is 17.4 Å². The number of carbonyl (C=O) groups is 3. The van der Waals surface area contributed by atoms with Crippen LogP contribution in [0.4, 0.5) is 0 Å². The SMILES string of the molecule is O=C(NCCCCc1ccccc1)c1cc2cc(OC(C(=O)O)C(=O)O)ccc2[nH]1. The summed E-state index contributed by atoms with van der Waals surface area (Å²) in [6, 6.07) is 16.3. The molecule has 3 rings (SSSR count). The number of hydrogen-bond donors (Lipinski definition) is 4. The molecule has 1 heterocycles. The number of fused-ring (bicyclic) bond motifs is 1. The molecule has 8 heteroatoms. The molecule has 1 aromatic heterocycles. The van der Waals surface area contributed by atoms with Gasteiger partial charge in [-0.15, -0.1) is 0 Å². The molecule has 0 aliphatic carbocycles. The van der Waals surface area contributed by atoms with Crippen molar-refractivity contribution in [3.05, 3.63) is 65.9 Å². The molecule has 0 saturated carbocycles. The molecule has 4 N–H and O–H groups in total. The van der Waals surface area contributed by atoms with E-state index in [9.17, 15) is 14.4 Å². The number of carboxylic acids is 2. The van der Waals surface area contributed by atoms with E-state index in [2.05, 4.69) is 22.4 Å². The first-order chi connectivity index (χ1) is 14.4. The Labute approximate surface area is 172 Å². The zero-order chi connectivity index (χ0) is 21.5. The van der Waals surface area contributed by atoms with Gasteiger partial charge in [0.05, 0.1) is 0 Å². The van der Waals surface area contributed by atoms with Gasteiger partial charge in [0.25, 0.3) is 12.0 Å². The molecule has 0 aliphatic rings. The van der Waals surface area contributed by atoms with Crippen LogP contribution in [0.2, 0.25) is 0 Å². The zero-order valence-corrected chi connectivity index (χ0v) is 16.1. The molecule has 2 aromatic carbocycles. The lowest BCUT2D eigenvalue weighted by molar-refractivity contribution is -0.159. The summed E-state index contributed by atoms with van der Waals surface area (Å²) in [5.74, 6) is -3.35. The lowest BCUT2D eigenvalue weighted by Gasteiger charge is -2.10. The van der Waals surface area contributed by atoms with Crippen molar-refractivity contribution < 1.29 is 29.3 Å². The van der Waals surface area contributed by atoms with Crippen LogP contribution >= 0.6 is 0 Å². The number of aromatic nitrogens is 1. The number of unbranched alkanes of at least 4 members (excludes halogenated alkanes) is 1. The van der Waals surface area contributed by atoms with Crippen molar-refractivity contribution >= 4 is 28.7 Å². The fourth-order valence-corrected chi connectivity index (χ4v) is 3.04. The molecule has 0 spiro atoms. The van der Waals surface area contributed by atoms with Crippen LogP contribution in [0.5, 0.6) is 5.75 Å². The molecule has 0 unspecified atom stereocenters. The van der Waals surface area contributed by atoms with Crippen molar-refractivity contribution in [2.75, 3.05) is 6.54 Å². The number of carboxylic acid groups (broad SMARTS) is 2.